The molecule has 0 bridgehead atoms. The van der Waals surface area contributed by atoms with Gasteiger partial charge >= 0.3 is 21.6 Å². The number of sulfonamides is 1. The molecule has 0 spiro atoms. The van der Waals surface area contributed by atoms with E-state index < -0.39 is 27.2 Å². The molecule has 0 aliphatic carbocycles. The molecular weight excluding hydrogens is 239 g/mol. The summed E-state index contributed by atoms with van der Waals surface area (Å²) in [4.78, 5) is 10.7. The first-order valence-corrected chi connectivity index (χ1v) is 5.15. The van der Waals surface area contributed by atoms with Crippen LogP contribution in [0.3, 0.4) is 0 Å². The maximum Gasteiger partial charge on any atom is 0.516 e. The number of hydrogen-bond donors (Lipinski definition) is 1. The molecule has 0 aliphatic heterocycles. The summed E-state index contributed by atoms with van der Waals surface area (Å²) in [5.41, 5.74) is -6.62. The summed E-state index contributed by atoms with van der Waals surface area (Å²) in [6.45, 7) is 4.15. The zero-order valence-electron chi connectivity index (χ0n) is 8.18. The lowest BCUT2D eigenvalue weighted by Crippen LogP contribution is -2.42. The lowest BCUT2D eigenvalue weighted by atomic mass is 10.2. The van der Waals surface area contributed by atoms with Crippen molar-refractivity contribution in [3.05, 3.63) is 0 Å². The van der Waals surface area contributed by atoms with Crippen LogP contribution in [0.2, 0.25) is 0 Å². The molecule has 0 unspecified atom stereocenters. The number of alkyl halides is 3. The quantitative estimate of drug-likeness (QED) is 0.761. The summed E-state index contributed by atoms with van der Waals surface area (Å²) in [6, 6.07) is 0. The number of carbonyl (C=O) groups excluding carboxylic acids is 1. The van der Waals surface area contributed by atoms with Crippen LogP contribution in [-0.2, 0) is 14.8 Å². The third kappa shape index (κ3) is 4.86. The molecule has 0 heterocycles. The predicted molar refractivity (Wildman–Crippen MR) is 44.3 cm³/mol. The predicted octanol–water partition coefficient (Wildman–Crippen LogP) is 1.36. The Morgan fingerprint density at radius 3 is 1.87 bits per heavy atom. The Morgan fingerprint density at radius 1 is 1.20 bits per heavy atom. The number of halogens is 3. The lowest BCUT2D eigenvalue weighted by Gasteiger charge is -2.19. The van der Waals surface area contributed by atoms with Crippen LogP contribution in [0.25, 0.3) is 0 Å². The first kappa shape index (κ1) is 14.0. The van der Waals surface area contributed by atoms with E-state index in [9.17, 15) is 26.4 Å². The molecule has 0 aromatic rings. The van der Waals surface area contributed by atoms with E-state index in [2.05, 4.69) is 4.74 Å². The van der Waals surface area contributed by atoms with Crippen LogP contribution in [0, 0.1) is 0 Å². The highest BCUT2D eigenvalue weighted by molar-refractivity contribution is 7.90. The van der Waals surface area contributed by atoms with Gasteiger partial charge in [0, 0.05) is 0 Å². The van der Waals surface area contributed by atoms with E-state index in [-0.39, 0.29) is 0 Å². The molecule has 90 valence electrons. The van der Waals surface area contributed by atoms with Crippen molar-refractivity contribution in [3.8, 4) is 0 Å². The van der Waals surface area contributed by atoms with Gasteiger partial charge in [-0.2, -0.15) is 21.6 Å². The van der Waals surface area contributed by atoms with E-state index in [1.54, 1.807) is 0 Å². The van der Waals surface area contributed by atoms with Crippen LogP contribution in [0.5, 0.6) is 0 Å². The summed E-state index contributed by atoms with van der Waals surface area (Å²) in [6.07, 6.45) is -1.67. The molecule has 0 rings (SSSR count). The Hall–Kier alpha value is -0.990. The number of hydrogen-bond acceptors (Lipinski definition) is 4. The topological polar surface area (TPSA) is 72.5 Å². The fourth-order valence-corrected chi connectivity index (χ4v) is 0.843. The summed E-state index contributed by atoms with van der Waals surface area (Å²) in [7, 11) is -5.69. The Bertz CT molecular complexity index is 340. The van der Waals surface area contributed by atoms with Crippen LogP contribution in [0.15, 0.2) is 0 Å². The van der Waals surface area contributed by atoms with Crippen molar-refractivity contribution in [2.45, 2.75) is 31.9 Å². The van der Waals surface area contributed by atoms with Gasteiger partial charge in [-0.25, -0.2) is 9.52 Å². The zero-order valence-corrected chi connectivity index (χ0v) is 8.99. The SMILES string of the molecule is CC(C)(C)OC(=O)NS(=O)(=O)C(F)(F)F. The van der Waals surface area contributed by atoms with Crippen molar-refractivity contribution < 1.29 is 31.1 Å². The number of nitrogens with one attached hydrogen (secondary N) is 1. The maximum absolute atomic E-state index is 11.8. The molecule has 0 saturated heterocycles. The van der Waals surface area contributed by atoms with E-state index >= 15 is 0 Å². The van der Waals surface area contributed by atoms with Crippen LogP contribution >= 0.6 is 0 Å². The van der Waals surface area contributed by atoms with Crippen molar-refractivity contribution in [2.75, 3.05) is 0 Å². The van der Waals surface area contributed by atoms with Crippen LogP contribution in [0.4, 0.5) is 18.0 Å². The Labute approximate surface area is 84.6 Å². The molecule has 15 heavy (non-hydrogen) atoms. The largest absolute Gasteiger partial charge is 0.516 e. The molecule has 0 fully saturated rings. The molecule has 0 radical (unpaired) electrons. The van der Waals surface area contributed by atoms with Gasteiger partial charge in [0.05, 0.1) is 0 Å². The average Bonchev–Trinajstić information content (AvgIpc) is 1.75. The third-order valence-electron chi connectivity index (χ3n) is 0.921. The Morgan fingerprint density at radius 2 is 1.60 bits per heavy atom. The van der Waals surface area contributed by atoms with Crippen molar-refractivity contribution >= 4 is 16.1 Å². The van der Waals surface area contributed by atoms with Crippen molar-refractivity contribution in [1.82, 2.24) is 4.72 Å². The zero-order chi connectivity index (χ0) is 12.5. The fraction of sp³-hybridized carbons (Fsp3) is 0.833. The molecule has 1 N–H and O–H groups in total. The summed E-state index contributed by atoms with van der Waals surface area (Å²) < 4.78 is 61.2. The van der Waals surface area contributed by atoms with Gasteiger partial charge in [0.15, 0.2) is 0 Å². The van der Waals surface area contributed by atoms with Gasteiger partial charge in [-0.3, -0.25) is 0 Å². The molecule has 0 saturated carbocycles. The second kappa shape index (κ2) is 3.87. The van der Waals surface area contributed by atoms with Gasteiger partial charge in [-0.15, -0.1) is 0 Å². The first-order chi connectivity index (χ1) is 6.35. The second-order valence-corrected chi connectivity index (χ2v) is 5.23. The molecule has 5 nitrogen and oxygen atoms in total. The summed E-state index contributed by atoms with van der Waals surface area (Å²) >= 11 is 0. The van der Waals surface area contributed by atoms with Gasteiger partial charge in [0.25, 0.3) is 0 Å². The van der Waals surface area contributed by atoms with Gasteiger partial charge in [0.2, 0.25) is 0 Å². The highest BCUT2D eigenvalue weighted by Crippen LogP contribution is 2.21. The van der Waals surface area contributed by atoms with Gasteiger partial charge < -0.3 is 4.74 Å². The van der Waals surface area contributed by atoms with Gasteiger partial charge in [-0.1, -0.05) is 0 Å². The number of amides is 1. The Balaban J connectivity index is 4.58. The van der Waals surface area contributed by atoms with Crippen LogP contribution in [0.1, 0.15) is 20.8 Å². The molecule has 9 heteroatoms. The average molecular weight is 249 g/mol. The van der Waals surface area contributed by atoms with Crippen LogP contribution in [-0.4, -0.2) is 25.6 Å². The highest BCUT2D eigenvalue weighted by Gasteiger charge is 2.47. The molecule has 0 aromatic heterocycles. The van der Waals surface area contributed by atoms with Crippen molar-refractivity contribution in [3.63, 3.8) is 0 Å². The van der Waals surface area contributed by atoms with E-state index in [0.717, 1.165) is 4.72 Å². The minimum Gasteiger partial charge on any atom is -0.443 e. The van der Waals surface area contributed by atoms with Crippen LogP contribution < -0.4 is 4.72 Å². The van der Waals surface area contributed by atoms with Crippen molar-refractivity contribution in [1.29, 1.82) is 0 Å². The maximum atomic E-state index is 11.8. The van der Waals surface area contributed by atoms with Gasteiger partial charge in [0.1, 0.15) is 5.60 Å². The summed E-state index contributed by atoms with van der Waals surface area (Å²) in [5.74, 6) is 0. The minimum absolute atomic E-state index is 0.739. The number of rotatable bonds is 1. The fourth-order valence-electron chi connectivity index (χ4n) is 0.466. The number of ether oxygens (including phenoxy) is 1. The third-order valence-corrected chi connectivity index (χ3v) is 1.97. The van der Waals surface area contributed by atoms with E-state index in [4.69, 9.17) is 0 Å². The van der Waals surface area contributed by atoms with Gasteiger partial charge in [-0.05, 0) is 20.8 Å². The van der Waals surface area contributed by atoms with E-state index in [0.29, 0.717) is 0 Å². The monoisotopic (exact) mass is 249 g/mol. The molecule has 0 aliphatic rings. The normalized spacial score (nSPS) is 13.5. The van der Waals surface area contributed by atoms with E-state index in [1.165, 1.54) is 20.8 Å². The molecule has 0 atom stereocenters. The highest BCUT2D eigenvalue weighted by atomic mass is 32.2. The second-order valence-electron chi connectivity index (χ2n) is 3.55. The lowest BCUT2D eigenvalue weighted by molar-refractivity contribution is -0.0451. The molecule has 0 aromatic carbocycles. The smallest absolute Gasteiger partial charge is 0.443 e. The van der Waals surface area contributed by atoms with E-state index in [1.807, 2.05) is 0 Å². The number of carbonyl (C=O) groups is 1. The molecular formula is C6H10F3NO4S. The Kier molecular flexibility index (Phi) is 3.62. The first-order valence-electron chi connectivity index (χ1n) is 3.67. The van der Waals surface area contributed by atoms with Crippen molar-refractivity contribution in [2.24, 2.45) is 0 Å². The standard InChI is InChI=1S/C6H10F3NO4S/c1-5(2,3)14-4(11)10-15(12,13)6(7,8)9/h1-3H3,(H,10,11). The molecule has 1 amide bonds. The minimum atomic E-state index is -5.69. The summed E-state index contributed by atoms with van der Waals surface area (Å²) in [5, 5.41) is 0.